The number of piperidine rings is 1. The van der Waals surface area contributed by atoms with Crippen LogP contribution in [0.3, 0.4) is 0 Å². The third kappa shape index (κ3) is 2.39. The Hall–Kier alpha value is -1.29. The first-order valence-electron chi connectivity index (χ1n) is 5.36. The summed E-state index contributed by atoms with van der Waals surface area (Å²) in [4.78, 5) is 6.32. The van der Waals surface area contributed by atoms with Crippen molar-refractivity contribution in [3.8, 4) is 0 Å². The minimum atomic E-state index is 0.270. The van der Waals surface area contributed by atoms with Gasteiger partial charge in [0.05, 0.1) is 17.6 Å². The molecular formula is C11H17N3O. The molecule has 1 aliphatic rings. The lowest BCUT2D eigenvalue weighted by Gasteiger charge is -2.33. The Kier molecular flexibility index (Phi) is 3.06. The highest BCUT2D eigenvalue weighted by Crippen LogP contribution is 2.23. The fourth-order valence-corrected chi connectivity index (χ4v) is 2.07. The number of hydrogen-bond acceptors (Lipinski definition) is 4. The summed E-state index contributed by atoms with van der Waals surface area (Å²) in [6.07, 6.45) is 5.72. The van der Waals surface area contributed by atoms with Gasteiger partial charge in [-0.2, -0.15) is 0 Å². The van der Waals surface area contributed by atoms with Crippen LogP contribution in [0.15, 0.2) is 18.5 Å². The average molecular weight is 207 g/mol. The second kappa shape index (κ2) is 4.49. The molecule has 3 N–H and O–H groups in total. The van der Waals surface area contributed by atoms with Gasteiger partial charge in [0, 0.05) is 25.9 Å². The lowest BCUT2D eigenvalue weighted by atomic mass is 9.99. The number of hydrogen-bond donors (Lipinski definition) is 2. The summed E-state index contributed by atoms with van der Waals surface area (Å²) in [7, 11) is 0. The maximum Gasteiger partial charge on any atom is 0.0573 e. The molecule has 0 bridgehead atoms. The summed E-state index contributed by atoms with van der Waals surface area (Å²) in [5.74, 6) is 0.389. The molecule has 1 atom stereocenters. The number of aliphatic hydroxyl groups excluding tert-OH is 1. The lowest BCUT2D eigenvalue weighted by Crippen LogP contribution is -2.36. The van der Waals surface area contributed by atoms with Crippen molar-refractivity contribution < 1.29 is 5.11 Å². The minimum Gasteiger partial charge on any atom is -0.397 e. The molecule has 82 valence electrons. The van der Waals surface area contributed by atoms with Crippen LogP contribution in [0.25, 0.3) is 0 Å². The third-order valence-corrected chi connectivity index (χ3v) is 2.89. The number of rotatable bonds is 2. The molecule has 1 fully saturated rings. The Labute approximate surface area is 89.7 Å². The van der Waals surface area contributed by atoms with Gasteiger partial charge in [0.1, 0.15) is 0 Å². The molecule has 1 aromatic heterocycles. The predicted molar refractivity (Wildman–Crippen MR) is 60.7 cm³/mol. The third-order valence-electron chi connectivity index (χ3n) is 2.89. The summed E-state index contributed by atoms with van der Waals surface area (Å²) in [5, 5.41) is 9.14. The van der Waals surface area contributed by atoms with Gasteiger partial charge in [0.2, 0.25) is 0 Å². The van der Waals surface area contributed by atoms with E-state index in [2.05, 4.69) is 9.88 Å². The molecule has 15 heavy (non-hydrogen) atoms. The fourth-order valence-electron chi connectivity index (χ4n) is 2.07. The highest BCUT2D eigenvalue weighted by atomic mass is 16.3. The zero-order valence-corrected chi connectivity index (χ0v) is 8.76. The van der Waals surface area contributed by atoms with Gasteiger partial charge < -0.3 is 15.7 Å². The summed E-state index contributed by atoms with van der Waals surface area (Å²) in [6.45, 7) is 2.20. The van der Waals surface area contributed by atoms with Gasteiger partial charge in [-0.1, -0.05) is 0 Å². The van der Waals surface area contributed by atoms with Crippen molar-refractivity contribution in [2.75, 3.05) is 30.3 Å². The monoisotopic (exact) mass is 207 g/mol. The van der Waals surface area contributed by atoms with Crippen LogP contribution in [0.2, 0.25) is 0 Å². The molecule has 0 aromatic carbocycles. The molecule has 0 spiro atoms. The van der Waals surface area contributed by atoms with E-state index in [0.29, 0.717) is 11.6 Å². The normalized spacial score (nSPS) is 21.7. The Morgan fingerprint density at radius 3 is 3.13 bits per heavy atom. The van der Waals surface area contributed by atoms with E-state index in [1.54, 1.807) is 6.20 Å². The van der Waals surface area contributed by atoms with Crippen LogP contribution in [-0.2, 0) is 0 Å². The number of anilines is 2. The molecule has 4 nitrogen and oxygen atoms in total. The number of nitrogens with zero attached hydrogens (tertiary/aromatic N) is 2. The van der Waals surface area contributed by atoms with E-state index in [1.807, 2.05) is 12.3 Å². The molecule has 2 rings (SSSR count). The van der Waals surface area contributed by atoms with E-state index >= 15 is 0 Å². The van der Waals surface area contributed by atoms with Crippen molar-refractivity contribution in [3.63, 3.8) is 0 Å². The molecule has 0 amide bonds. The molecule has 0 aliphatic carbocycles. The summed E-state index contributed by atoms with van der Waals surface area (Å²) < 4.78 is 0. The van der Waals surface area contributed by atoms with Crippen LogP contribution in [0.5, 0.6) is 0 Å². The van der Waals surface area contributed by atoms with Crippen LogP contribution in [0.1, 0.15) is 12.8 Å². The smallest absolute Gasteiger partial charge is 0.0573 e. The van der Waals surface area contributed by atoms with E-state index in [0.717, 1.165) is 31.6 Å². The van der Waals surface area contributed by atoms with Crippen molar-refractivity contribution in [2.24, 2.45) is 5.92 Å². The van der Waals surface area contributed by atoms with Gasteiger partial charge in [-0.3, -0.25) is 4.98 Å². The Balaban J connectivity index is 2.09. The van der Waals surface area contributed by atoms with Gasteiger partial charge >= 0.3 is 0 Å². The van der Waals surface area contributed by atoms with Crippen LogP contribution < -0.4 is 10.6 Å². The van der Waals surface area contributed by atoms with Crippen LogP contribution in [0, 0.1) is 5.92 Å². The van der Waals surface area contributed by atoms with Crippen LogP contribution in [-0.4, -0.2) is 29.8 Å². The summed E-state index contributed by atoms with van der Waals surface area (Å²) >= 11 is 0. The van der Waals surface area contributed by atoms with Gasteiger partial charge in [-0.15, -0.1) is 0 Å². The van der Waals surface area contributed by atoms with Gasteiger partial charge in [-0.25, -0.2) is 0 Å². The van der Waals surface area contributed by atoms with Crippen molar-refractivity contribution >= 4 is 11.4 Å². The van der Waals surface area contributed by atoms with Gasteiger partial charge in [0.25, 0.3) is 0 Å². The predicted octanol–water partition coefficient (Wildman–Crippen LogP) is 0.872. The molecule has 1 saturated heterocycles. The molecule has 0 saturated carbocycles. The maximum absolute atomic E-state index is 9.14. The first-order valence-corrected chi connectivity index (χ1v) is 5.36. The van der Waals surface area contributed by atoms with Gasteiger partial charge in [-0.05, 0) is 24.8 Å². The minimum absolute atomic E-state index is 0.270. The highest BCUT2D eigenvalue weighted by molar-refractivity contribution is 5.53. The SMILES string of the molecule is Nc1cncc(N2CCC[C@H](CO)C2)c1. The van der Waals surface area contributed by atoms with Crippen LogP contribution >= 0.6 is 0 Å². The van der Waals surface area contributed by atoms with E-state index < -0.39 is 0 Å². The van der Waals surface area contributed by atoms with E-state index in [4.69, 9.17) is 10.8 Å². The number of nitrogen functional groups attached to an aromatic ring is 1. The zero-order valence-electron chi connectivity index (χ0n) is 8.76. The molecule has 1 aromatic rings. The number of aliphatic hydroxyl groups is 1. The highest BCUT2D eigenvalue weighted by Gasteiger charge is 2.19. The van der Waals surface area contributed by atoms with Gasteiger partial charge in [0.15, 0.2) is 0 Å². The lowest BCUT2D eigenvalue weighted by molar-refractivity contribution is 0.208. The van der Waals surface area contributed by atoms with E-state index in [1.165, 1.54) is 0 Å². The molecule has 0 radical (unpaired) electrons. The Morgan fingerprint density at radius 2 is 2.40 bits per heavy atom. The molecular weight excluding hydrogens is 190 g/mol. The molecule has 1 aliphatic heterocycles. The van der Waals surface area contributed by atoms with E-state index in [9.17, 15) is 0 Å². The quantitative estimate of drug-likeness (QED) is 0.755. The first kappa shape index (κ1) is 10.2. The first-order chi connectivity index (χ1) is 7.29. The Bertz CT molecular complexity index is 329. The standard InChI is InChI=1S/C11H17N3O/c12-10-4-11(6-13-5-10)14-3-1-2-9(7-14)8-15/h4-6,9,15H,1-3,7-8,12H2/t9-/m0/s1. The molecule has 0 unspecified atom stereocenters. The van der Waals surface area contributed by atoms with Crippen molar-refractivity contribution in [1.82, 2.24) is 4.98 Å². The zero-order chi connectivity index (χ0) is 10.7. The number of aromatic nitrogens is 1. The fraction of sp³-hybridized carbons (Fsp3) is 0.545. The average Bonchev–Trinajstić information content (AvgIpc) is 2.29. The van der Waals surface area contributed by atoms with E-state index in [-0.39, 0.29) is 6.61 Å². The number of nitrogens with two attached hydrogens (primary N) is 1. The topological polar surface area (TPSA) is 62.4 Å². The summed E-state index contributed by atoms with van der Waals surface area (Å²) in [6, 6.07) is 1.94. The summed E-state index contributed by atoms with van der Waals surface area (Å²) in [5.41, 5.74) is 7.45. The van der Waals surface area contributed by atoms with Crippen molar-refractivity contribution in [1.29, 1.82) is 0 Å². The second-order valence-corrected chi connectivity index (χ2v) is 4.11. The van der Waals surface area contributed by atoms with Crippen LogP contribution in [0.4, 0.5) is 11.4 Å². The largest absolute Gasteiger partial charge is 0.397 e. The number of pyridine rings is 1. The molecule has 2 heterocycles. The second-order valence-electron chi connectivity index (χ2n) is 4.11. The Morgan fingerprint density at radius 1 is 1.53 bits per heavy atom. The van der Waals surface area contributed by atoms with Crippen molar-refractivity contribution in [3.05, 3.63) is 18.5 Å². The molecule has 4 heteroatoms. The van der Waals surface area contributed by atoms with Crippen molar-refractivity contribution in [2.45, 2.75) is 12.8 Å². The maximum atomic E-state index is 9.14.